The standard InChI is InChI=1S/C11H15NO4/c1-3-9(14)12-10(15)6-4-5-7-11(12)16-8(2)13/h3,11H,1,4-7H2,2H3. The first-order valence-corrected chi connectivity index (χ1v) is 5.22. The summed E-state index contributed by atoms with van der Waals surface area (Å²) in [6, 6.07) is 0. The molecule has 0 N–H and O–H groups in total. The van der Waals surface area contributed by atoms with Crippen LogP contribution in [0.3, 0.4) is 0 Å². The van der Waals surface area contributed by atoms with Gasteiger partial charge in [0.2, 0.25) is 5.91 Å². The summed E-state index contributed by atoms with van der Waals surface area (Å²) in [5.74, 6) is -1.33. The molecule has 1 aliphatic rings. The van der Waals surface area contributed by atoms with Crippen molar-refractivity contribution < 1.29 is 19.1 Å². The van der Waals surface area contributed by atoms with Crippen molar-refractivity contribution in [3.05, 3.63) is 12.7 Å². The second-order valence-corrected chi connectivity index (χ2v) is 3.62. The number of likely N-dealkylation sites (tertiary alicyclic amines) is 1. The smallest absolute Gasteiger partial charge is 0.304 e. The maximum Gasteiger partial charge on any atom is 0.304 e. The van der Waals surface area contributed by atoms with Crippen LogP contribution in [-0.4, -0.2) is 28.9 Å². The fourth-order valence-corrected chi connectivity index (χ4v) is 1.67. The van der Waals surface area contributed by atoms with Crippen molar-refractivity contribution in [2.24, 2.45) is 0 Å². The largest absolute Gasteiger partial charge is 0.441 e. The number of esters is 1. The summed E-state index contributed by atoms with van der Waals surface area (Å²) in [6.45, 7) is 4.59. The number of imide groups is 1. The van der Waals surface area contributed by atoms with E-state index in [-0.39, 0.29) is 5.91 Å². The second kappa shape index (κ2) is 5.44. The molecular formula is C11H15NO4. The van der Waals surface area contributed by atoms with Gasteiger partial charge in [-0.05, 0) is 18.9 Å². The Balaban J connectivity index is 2.89. The maximum atomic E-state index is 11.7. The Kier molecular flexibility index (Phi) is 4.22. The van der Waals surface area contributed by atoms with Gasteiger partial charge in [0.15, 0.2) is 6.23 Å². The van der Waals surface area contributed by atoms with Crippen molar-refractivity contribution in [2.75, 3.05) is 0 Å². The van der Waals surface area contributed by atoms with Crippen molar-refractivity contribution in [1.82, 2.24) is 4.90 Å². The molecule has 0 radical (unpaired) electrons. The molecular weight excluding hydrogens is 210 g/mol. The molecule has 0 aromatic rings. The van der Waals surface area contributed by atoms with Crippen LogP contribution in [0.2, 0.25) is 0 Å². The molecule has 1 unspecified atom stereocenters. The van der Waals surface area contributed by atoms with Crippen molar-refractivity contribution in [3.63, 3.8) is 0 Å². The van der Waals surface area contributed by atoms with Crippen LogP contribution in [0.15, 0.2) is 12.7 Å². The highest BCUT2D eigenvalue weighted by Gasteiger charge is 2.31. The lowest BCUT2D eigenvalue weighted by Gasteiger charge is -2.26. The topological polar surface area (TPSA) is 63.7 Å². The van der Waals surface area contributed by atoms with Gasteiger partial charge in [-0.1, -0.05) is 6.58 Å². The summed E-state index contributed by atoms with van der Waals surface area (Å²) in [6.07, 6.45) is 2.53. The quantitative estimate of drug-likeness (QED) is 0.519. The van der Waals surface area contributed by atoms with E-state index in [1.54, 1.807) is 0 Å². The summed E-state index contributed by atoms with van der Waals surface area (Å²) in [5, 5.41) is 0. The minimum absolute atomic E-state index is 0.303. The van der Waals surface area contributed by atoms with E-state index in [2.05, 4.69) is 6.58 Å². The Morgan fingerprint density at radius 3 is 2.75 bits per heavy atom. The van der Waals surface area contributed by atoms with Crippen LogP contribution >= 0.6 is 0 Å². The van der Waals surface area contributed by atoms with E-state index < -0.39 is 18.1 Å². The Morgan fingerprint density at radius 1 is 1.50 bits per heavy atom. The second-order valence-electron chi connectivity index (χ2n) is 3.62. The van der Waals surface area contributed by atoms with Crippen molar-refractivity contribution in [2.45, 2.75) is 38.8 Å². The van der Waals surface area contributed by atoms with Gasteiger partial charge in [-0.2, -0.15) is 0 Å². The van der Waals surface area contributed by atoms with Gasteiger partial charge in [0, 0.05) is 19.8 Å². The SMILES string of the molecule is C=CC(=O)N1C(=O)CCCCC1OC(C)=O. The van der Waals surface area contributed by atoms with E-state index in [1.165, 1.54) is 6.92 Å². The minimum Gasteiger partial charge on any atom is -0.441 e. The maximum absolute atomic E-state index is 11.7. The average molecular weight is 225 g/mol. The molecule has 0 aromatic heterocycles. The third kappa shape index (κ3) is 2.92. The highest BCUT2D eigenvalue weighted by molar-refractivity contribution is 6.01. The molecule has 0 spiro atoms. The number of amides is 2. The van der Waals surface area contributed by atoms with Gasteiger partial charge in [-0.3, -0.25) is 14.4 Å². The molecule has 1 rings (SSSR count). The lowest BCUT2D eigenvalue weighted by atomic mass is 10.2. The number of carbonyl (C=O) groups is 3. The molecule has 0 aliphatic carbocycles. The molecule has 2 amide bonds. The Labute approximate surface area is 94.1 Å². The van der Waals surface area contributed by atoms with Gasteiger partial charge in [-0.15, -0.1) is 0 Å². The van der Waals surface area contributed by atoms with E-state index in [0.29, 0.717) is 19.3 Å². The van der Waals surface area contributed by atoms with Crippen LogP contribution in [0, 0.1) is 0 Å². The Morgan fingerprint density at radius 2 is 2.19 bits per heavy atom. The highest BCUT2D eigenvalue weighted by atomic mass is 16.6. The molecule has 1 atom stereocenters. The van der Waals surface area contributed by atoms with E-state index in [1.807, 2.05) is 0 Å². The summed E-state index contributed by atoms with van der Waals surface area (Å²) < 4.78 is 4.97. The molecule has 1 fully saturated rings. The molecule has 1 saturated heterocycles. The normalized spacial score (nSPS) is 21.2. The van der Waals surface area contributed by atoms with Crippen LogP contribution < -0.4 is 0 Å². The third-order valence-electron chi connectivity index (χ3n) is 2.36. The van der Waals surface area contributed by atoms with Gasteiger partial charge >= 0.3 is 5.97 Å². The third-order valence-corrected chi connectivity index (χ3v) is 2.36. The summed E-state index contributed by atoms with van der Waals surface area (Å²) >= 11 is 0. The molecule has 5 nitrogen and oxygen atoms in total. The van der Waals surface area contributed by atoms with Crippen LogP contribution in [-0.2, 0) is 19.1 Å². The number of hydrogen-bond donors (Lipinski definition) is 0. The first-order valence-electron chi connectivity index (χ1n) is 5.22. The number of rotatable bonds is 2. The number of nitrogens with zero attached hydrogens (tertiary/aromatic N) is 1. The number of ether oxygens (including phenoxy) is 1. The molecule has 0 saturated carbocycles. The average Bonchev–Trinajstić information content (AvgIpc) is 2.39. The molecule has 88 valence electrons. The van der Waals surface area contributed by atoms with Gasteiger partial charge in [-0.25, -0.2) is 4.90 Å². The number of carbonyl (C=O) groups excluding carboxylic acids is 3. The first kappa shape index (κ1) is 12.4. The molecule has 1 heterocycles. The Hall–Kier alpha value is -1.65. The molecule has 0 bridgehead atoms. The monoisotopic (exact) mass is 225 g/mol. The van der Waals surface area contributed by atoms with Crippen LogP contribution in [0.1, 0.15) is 32.6 Å². The van der Waals surface area contributed by atoms with Gasteiger partial charge < -0.3 is 4.74 Å². The van der Waals surface area contributed by atoms with Crippen molar-refractivity contribution in [1.29, 1.82) is 0 Å². The summed E-state index contributed by atoms with van der Waals surface area (Å²) in [7, 11) is 0. The van der Waals surface area contributed by atoms with E-state index in [9.17, 15) is 14.4 Å². The fraction of sp³-hybridized carbons (Fsp3) is 0.545. The van der Waals surface area contributed by atoms with Gasteiger partial charge in [0.05, 0.1) is 0 Å². The highest BCUT2D eigenvalue weighted by Crippen LogP contribution is 2.19. The van der Waals surface area contributed by atoms with Crippen molar-refractivity contribution in [3.8, 4) is 0 Å². The lowest BCUT2D eigenvalue weighted by Crippen LogP contribution is -2.44. The zero-order valence-electron chi connectivity index (χ0n) is 9.27. The van der Waals surface area contributed by atoms with Gasteiger partial charge in [0.25, 0.3) is 5.91 Å². The van der Waals surface area contributed by atoms with Gasteiger partial charge in [0.1, 0.15) is 0 Å². The first-order chi connectivity index (χ1) is 7.56. The van der Waals surface area contributed by atoms with E-state index >= 15 is 0 Å². The van der Waals surface area contributed by atoms with Crippen molar-refractivity contribution >= 4 is 17.8 Å². The Bertz CT molecular complexity index is 324. The molecule has 1 aliphatic heterocycles. The van der Waals surface area contributed by atoms with E-state index in [0.717, 1.165) is 17.4 Å². The number of hydrogen-bond acceptors (Lipinski definition) is 4. The van der Waals surface area contributed by atoms with E-state index in [4.69, 9.17) is 4.74 Å². The molecule has 16 heavy (non-hydrogen) atoms. The van der Waals surface area contributed by atoms with Crippen LogP contribution in [0.4, 0.5) is 0 Å². The minimum atomic E-state index is -0.780. The zero-order chi connectivity index (χ0) is 12.1. The van der Waals surface area contributed by atoms with Crippen LogP contribution in [0.25, 0.3) is 0 Å². The summed E-state index contributed by atoms with van der Waals surface area (Å²) in [5.41, 5.74) is 0. The fourth-order valence-electron chi connectivity index (χ4n) is 1.67. The summed E-state index contributed by atoms with van der Waals surface area (Å²) in [4.78, 5) is 35.1. The lowest BCUT2D eigenvalue weighted by molar-refractivity contribution is -0.166. The predicted octanol–water partition coefficient (Wildman–Crippen LogP) is 0.991. The van der Waals surface area contributed by atoms with Crippen LogP contribution in [0.5, 0.6) is 0 Å². The zero-order valence-corrected chi connectivity index (χ0v) is 9.27. The molecule has 5 heteroatoms. The predicted molar refractivity (Wildman–Crippen MR) is 56.1 cm³/mol. The molecule has 0 aromatic carbocycles.